The molecule has 1 atom stereocenters. The third kappa shape index (κ3) is 3.69. The van der Waals surface area contributed by atoms with Crippen LogP contribution in [0.3, 0.4) is 0 Å². The van der Waals surface area contributed by atoms with Crippen molar-refractivity contribution < 1.29 is 9.59 Å². The second kappa shape index (κ2) is 7.28. The van der Waals surface area contributed by atoms with Crippen LogP contribution in [0, 0.1) is 19.8 Å². The molecule has 1 heterocycles. The van der Waals surface area contributed by atoms with Gasteiger partial charge in [0, 0.05) is 30.2 Å². The second-order valence-electron chi connectivity index (χ2n) is 6.43. The third-order valence-corrected chi connectivity index (χ3v) is 5.15. The van der Waals surface area contributed by atoms with Crippen LogP contribution in [0.4, 0.5) is 5.69 Å². The van der Waals surface area contributed by atoms with Crippen LogP contribution >= 0.6 is 11.6 Å². The minimum atomic E-state index is -0.338. The molecule has 1 saturated heterocycles. The molecule has 1 N–H and O–H groups in total. The fourth-order valence-corrected chi connectivity index (χ4v) is 3.31. The Morgan fingerprint density at radius 3 is 2.72 bits per heavy atom. The molecule has 1 fully saturated rings. The summed E-state index contributed by atoms with van der Waals surface area (Å²) >= 11 is 6.15. The van der Waals surface area contributed by atoms with Crippen molar-refractivity contribution in [3.05, 3.63) is 64.2 Å². The summed E-state index contributed by atoms with van der Waals surface area (Å²) in [5.74, 6) is -0.463. The molecule has 3 rings (SSSR count). The van der Waals surface area contributed by atoms with Crippen LogP contribution in [0.5, 0.6) is 0 Å². The molecule has 0 unspecified atom stereocenters. The number of anilines is 1. The van der Waals surface area contributed by atoms with Crippen LogP contribution in [-0.2, 0) is 16.1 Å². The molecule has 0 aliphatic carbocycles. The van der Waals surface area contributed by atoms with E-state index < -0.39 is 0 Å². The van der Waals surface area contributed by atoms with Gasteiger partial charge in [-0.2, -0.15) is 0 Å². The highest BCUT2D eigenvalue weighted by Gasteiger charge is 2.35. The first kappa shape index (κ1) is 17.5. The average molecular weight is 357 g/mol. The van der Waals surface area contributed by atoms with Gasteiger partial charge in [-0.25, -0.2) is 0 Å². The Morgan fingerprint density at radius 2 is 1.96 bits per heavy atom. The van der Waals surface area contributed by atoms with Crippen LogP contribution in [0.25, 0.3) is 0 Å². The summed E-state index contributed by atoms with van der Waals surface area (Å²) in [5.41, 5.74) is 3.87. The lowest BCUT2D eigenvalue weighted by Crippen LogP contribution is -2.33. The molecule has 0 bridgehead atoms. The van der Waals surface area contributed by atoms with E-state index in [0.717, 1.165) is 22.4 Å². The second-order valence-corrected chi connectivity index (χ2v) is 6.84. The number of carbonyl (C=O) groups is 2. The number of carbonyl (C=O) groups excluding carboxylic acids is 2. The van der Waals surface area contributed by atoms with Gasteiger partial charge in [-0.3, -0.25) is 9.59 Å². The number of amides is 2. The highest BCUT2D eigenvalue weighted by Crippen LogP contribution is 2.31. The minimum Gasteiger partial charge on any atom is -0.352 e. The largest absolute Gasteiger partial charge is 0.352 e. The molecule has 25 heavy (non-hydrogen) atoms. The lowest BCUT2D eigenvalue weighted by molar-refractivity contribution is -0.126. The fourth-order valence-electron chi connectivity index (χ4n) is 3.14. The monoisotopic (exact) mass is 356 g/mol. The van der Waals surface area contributed by atoms with Gasteiger partial charge < -0.3 is 10.2 Å². The molecule has 2 aromatic carbocycles. The number of nitrogens with zero attached hydrogens (tertiary/aromatic N) is 1. The first-order chi connectivity index (χ1) is 12.0. The maximum absolute atomic E-state index is 12.5. The van der Waals surface area contributed by atoms with Crippen molar-refractivity contribution in [1.82, 2.24) is 5.32 Å². The van der Waals surface area contributed by atoms with E-state index in [1.54, 1.807) is 11.0 Å². The van der Waals surface area contributed by atoms with E-state index in [-0.39, 0.29) is 24.2 Å². The fraction of sp³-hybridized carbons (Fsp3) is 0.300. The zero-order valence-corrected chi connectivity index (χ0v) is 15.1. The number of hydrogen-bond donors (Lipinski definition) is 1. The molecule has 1 aliphatic rings. The Kier molecular flexibility index (Phi) is 5.09. The topological polar surface area (TPSA) is 49.4 Å². The van der Waals surface area contributed by atoms with Gasteiger partial charge in [0.05, 0.1) is 5.92 Å². The molecule has 0 spiro atoms. The van der Waals surface area contributed by atoms with Gasteiger partial charge in [0.1, 0.15) is 0 Å². The maximum Gasteiger partial charge on any atom is 0.227 e. The van der Waals surface area contributed by atoms with E-state index in [0.29, 0.717) is 18.1 Å². The maximum atomic E-state index is 12.5. The number of nitrogens with one attached hydrogen (secondary N) is 1. The zero-order chi connectivity index (χ0) is 18.0. The number of rotatable bonds is 4. The number of hydrogen-bond acceptors (Lipinski definition) is 2. The first-order valence-corrected chi connectivity index (χ1v) is 8.73. The quantitative estimate of drug-likeness (QED) is 0.909. The molecule has 2 amide bonds. The molecule has 0 saturated carbocycles. The Bertz CT molecular complexity index is 819. The van der Waals surface area contributed by atoms with Gasteiger partial charge in [0.15, 0.2) is 0 Å². The molecule has 1 aliphatic heterocycles. The smallest absolute Gasteiger partial charge is 0.227 e. The Hall–Kier alpha value is -2.33. The lowest BCUT2D eigenvalue weighted by atomic mass is 10.1. The third-order valence-electron chi connectivity index (χ3n) is 4.74. The molecule has 0 aromatic heterocycles. The Morgan fingerprint density at radius 1 is 1.20 bits per heavy atom. The summed E-state index contributed by atoms with van der Waals surface area (Å²) in [4.78, 5) is 26.5. The van der Waals surface area contributed by atoms with Crippen LogP contribution in [0.1, 0.15) is 23.1 Å². The van der Waals surface area contributed by atoms with Crippen molar-refractivity contribution in [3.8, 4) is 0 Å². The molecule has 0 radical (unpaired) electrons. The normalized spacial score (nSPS) is 17.0. The van der Waals surface area contributed by atoms with E-state index >= 15 is 0 Å². The summed E-state index contributed by atoms with van der Waals surface area (Å²) < 4.78 is 0. The van der Waals surface area contributed by atoms with Crippen molar-refractivity contribution in [1.29, 1.82) is 0 Å². The summed E-state index contributed by atoms with van der Waals surface area (Å²) in [6.45, 7) is 4.77. The predicted octanol–water partition coefficient (Wildman–Crippen LogP) is 3.63. The lowest BCUT2D eigenvalue weighted by Gasteiger charge is -2.19. The van der Waals surface area contributed by atoms with E-state index in [1.165, 1.54) is 0 Å². The summed E-state index contributed by atoms with van der Waals surface area (Å²) in [5, 5.41) is 3.58. The predicted molar refractivity (Wildman–Crippen MR) is 99.7 cm³/mol. The van der Waals surface area contributed by atoms with Crippen LogP contribution in [0.15, 0.2) is 42.5 Å². The molecule has 5 heteroatoms. The molecular weight excluding hydrogens is 336 g/mol. The van der Waals surface area contributed by atoms with Gasteiger partial charge in [-0.15, -0.1) is 0 Å². The summed E-state index contributed by atoms with van der Waals surface area (Å²) in [7, 11) is 0. The SMILES string of the molecule is Cc1ccccc1CNC(=O)[C@@H]1CC(=O)N(c2cccc(Cl)c2C)C1. The van der Waals surface area contributed by atoms with E-state index in [9.17, 15) is 9.59 Å². The van der Waals surface area contributed by atoms with Crippen molar-refractivity contribution in [2.24, 2.45) is 5.92 Å². The summed E-state index contributed by atoms with van der Waals surface area (Å²) in [6, 6.07) is 13.4. The molecule has 2 aromatic rings. The van der Waals surface area contributed by atoms with E-state index in [4.69, 9.17) is 11.6 Å². The number of benzene rings is 2. The number of aryl methyl sites for hydroxylation is 1. The van der Waals surface area contributed by atoms with Gasteiger partial charge in [0.25, 0.3) is 0 Å². The van der Waals surface area contributed by atoms with E-state index in [1.807, 2.05) is 50.2 Å². The molecular formula is C20H21ClN2O2. The van der Waals surface area contributed by atoms with Crippen LogP contribution in [0.2, 0.25) is 5.02 Å². The first-order valence-electron chi connectivity index (χ1n) is 8.35. The van der Waals surface area contributed by atoms with Gasteiger partial charge >= 0.3 is 0 Å². The zero-order valence-electron chi connectivity index (χ0n) is 14.4. The molecule has 130 valence electrons. The van der Waals surface area contributed by atoms with Crippen LogP contribution < -0.4 is 10.2 Å². The van der Waals surface area contributed by atoms with E-state index in [2.05, 4.69) is 5.32 Å². The van der Waals surface area contributed by atoms with Gasteiger partial charge in [-0.05, 0) is 42.7 Å². The standard InChI is InChI=1S/C20H21ClN2O2/c1-13-6-3-4-7-15(13)11-22-20(25)16-10-19(24)23(12-16)18-9-5-8-17(21)14(18)2/h3-9,16H,10-12H2,1-2H3,(H,22,25)/t16-/m1/s1. The minimum absolute atomic E-state index is 0.0404. The average Bonchev–Trinajstić information content (AvgIpc) is 2.98. The Labute approximate surface area is 152 Å². The van der Waals surface area contributed by atoms with Crippen molar-refractivity contribution in [2.75, 3.05) is 11.4 Å². The highest BCUT2D eigenvalue weighted by atomic mass is 35.5. The van der Waals surface area contributed by atoms with Crippen LogP contribution in [-0.4, -0.2) is 18.4 Å². The molecule has 4 nitrogen and oxygen atoms in total. The van der Waals surface area contributed by atoms with Gasteiger partial charge in [0.2, 0.25) is 11.8 Å². The van der Waals surface area contributed by atoms with Gasteiger partial charge in [-0.1, -0.05) is 41.9 Å². The number of halogens is 1. The highest BCUT2D eigenvalue weighted by molar-refractivity contribution is 6.31. The van der Waals surface area contributed by atoms with Crippen molar-refractivity contribution in [2.45, 2.75) is 26.8 Å². The Balaban J connectivity index is 1.67. The van der Waals surface area contributed by atoms with Crippen molar-refractivity contribution in [3.63, 3.8) is 0 Å². The van der Waals surface area contributed by atoms with Crippen molar-refractivity contribution >= 4 is 29.1 Å². The summed E-state index contributed by atoms with van der Waals surface area (Å²) in [6.07, 6.45) is 0.228.